The Bertz CT molecular complexity index is 821. The van der Waals surface area contributed by atoms with Crippen molar-refractivity contribution in [1.82, 2.24) is 0 Å². The van der Waals surface area contributed by atoms with Gasteiger partial charge < -0.3 is 23.7 Å². The Kier molecular flexibility index (Phi) is 6.49. The molecular weight excluding hydrogens is 363 g/mol. The second kappa shape index (κ2) is 9.04. The average molecular weight is 390 g/mol. The maximum atomic E-state index is 14.3. The van der Waals surface area contributed by atoms with Gasteiger partial charge in [0.15, 0.2) is 23.1 Å². The fourth-order valence-electron chi connectivity index (χ4n) is 3.54. The largest absolute Gasteiger partial charge is 0.493 e. The van der Waals surface area contributed by atoms with Gasteiger partial charge in [0.05, 0.1) is 34.5 Å². The number of methoxy groups -OCH3 is 3. The summed E-state index contributed by atoms with van der Waals surface area (Å²) in [6.45, 7) is 3.04. The van der Waals surface area contributed by atoms with Crippen LogP contribution >= 0.6 is 0 Å². The molecule has 0 amide bonds. The van der Waals surface area contributed by atoms with Gasteiger partial charge in [-0.2, -0.15) is 0 Å². The molecule has 0 radical (unpaired) electrons. The van der Waals surface area contributed by atoms with Crippen LogP contribution in [-0.4, -0.2) is 34.5 Å². The molecule has 5 nitrogen and oxygen atoms in total. The van der Waals surface area contributed by atoms with Gasteiger partial charge in [-0.3, -0.25) is 0 Å². The fourth-order valence-corrected chi connectivity index (χ4v) is 3.54. The monoisotopic (exact) mass is 390 g/mol. The highest BCUT2D eigenvalue weighted by Gasteiger charge is 2.28. The van der Waals surface area contributed by atoms with Crippen molar-refractivity contribution in [3.05, 3.63) is 41.2 Å². The number of hydrogen-bond acceptors (Lipinski definition) is 5. The van der Waals surface area contributed by atoms with E-state index in [0.717, 1.165) is 29.7 Å². The lowest BCUT2D eigenvalue weighted by Gasteiger charge is -2.28. The molecule has 2 aromatic rings. The van der Waals surface area contributed by atoms with Crippen LogP contribution in [0.2, 0.25) is 0 Å². The molecule has 6 heteroatoms. The summed E-state index contributed by atoms with van der Waals surface area (Å²) in [5.41, 5.74) is 1.86. The van der Waals surface area contributed by atoms with E-state index >= 15 is 0 Å². The summed E-state index contributed by atoms with van der Waals surface area (Å²) in [6, 6.07) is 6.99. The van der Waals surface area contributed by atoms with Crippen LogP contribution in [0, 0.1) is 11.7 Å². The van der Waals surface area contributed by atoms with E-state index < -0.39 is 0 Å². The normalized spacial score (nSPS) is 15.4. The molecule has 1 aliphatic heterocycles. The van der Waals surface area contributed by atoms with Crippen LogP contribution in [0.5, 0.6) is 28.7 Å². The van der Waals surface area contributed by atoms with Crippen LogP contribution in [0.3, 0.4) is 0 Å². The number of ether oxygens (including phenoxy) is 5. The highest BCUT2D eigenvalue weighted by molar-refractivity contribution is 5.62. The van der Waals surface area contributed by atoms with Crippen molar-refractivity contribution in [2.24, 2.45) is 5.92 Å². The molecular formula is C22H27FO5. The Morgan fingerprint density at radius 3 is 2.46 bits per heavy atom. The molecule has 28 heavy (non-hydrogen) atoms. The first-order valence-corrected chi connectivity index (χ1v) is 9.47. The standard InChI is InChI=1S/C22H27FO5/c1-5-8-27-18-7-6-14(11-17(18)23)9-15-10-16-19(28-13-15)12-20(24-2)22(26-4)21(16)25-3/h6-7,11-12,15H,5,8-10,13H2,1-4H3. The van der Waals surface area contributed by atoms with Crippen LogP contribution < -0.4 is 23.7 Å². The van der Waals surface area contributed by atoms with Crippen molar-refractivity contribution in [3.8, 4) is 28.7 Å². The van der Waals surface area contributed by atoms with Gasteiger partial charge in [-0.25, -0.2) is 4.39 Å². The molecule has 1 unspecified atom stereocenters. The van der Waals surface area contributed by atoms with E-state index in [1.54, 1.807) is 33.5 Å². The molecule has 1 aliphatic rings. The minimum Gasteiger partial charge on any atom is -0.493 e. The van der Waals surface area contributed by atoms with Crippen molar-refractivity contribution >= 4 is 0 Å². The molecule has 0 aromatic heterocycles. The summed E-state index contributed by atoms with van der Waals surface area (Å²) in [7, 11) is 4.77. The lowest BCUT2D eigenvalue weighted by molar-refractivity contribution is 0.213. The smallest absolute Gasteiger partial charge is 0.203 e. The predicted octanol–water partition coefficient (Wildman–Crippen LogP) is 4.43. The van der Waals surface area contributed by atoms with Crippen molar-refractivity contribution in [2.45, 2.75) is 26.2 Å². The Hall–Kier alpha value is -2.63. The zero-order valence-electron chi connectivity index (χ0n) is 16.8. The Morgan fingerprint density at radius 2 is 1.82 bits per heavy atom. The van der Waals surface area contributed by atoms with Crippen LogP contribution in [0.1, 0.15) is 24.5 Å². The molecule has 0 fully saturated rings. The molecule has 0 N–H and O–H groups in total. The molecule has 0 saturated heterocycles. The highest BCUT2D eigenvalue weighted by atomic mass is 19.1. The van der Waals surface area contributed by atoms with E-state index in [4.69, 9.17) is 23.7 Å². The van der Waals surface area contributed by atoms with Gasteiger partial charge in [-0.1, -0.05) is 13.0 Å². The van der Waals surface area contributed by atoms with Crippen LogP contribution in [0.4, 0.5) is 4.39 Å². The van der Waals surface area contributed by atoms with Crippen LogP contribution in [0.25, 0.3) is 0 Å². The third-order valence-electron chi connectivity index (χ3n) is 4.84. The Balaban J connectivity index is 1.79. The van der Waals surface area contributed by atoms with Gasteiger partial charge in [-0.15, -0.1) is 0 Å². The number of rotatable bonds is 8. The first kappa shape index (κ1) is 20.1. The average Bonchev–Trinajstić information content (AvgIpc) is 2.71. The topological polar surface area (TPSA) is 46.2 Å². The Labute approximate surface area is 165 Å². The third kappa shape index (κ3) is 4.11. The Morgan fingerprint density at radius 1 is 1.04 bits per heavy atom. The zero-order valence-corrected chi connectivity index (χ0v) is 16.8. The molecule has 2 aromatic carbocycles. The van der Waals surface area contributed by atoms with Crippen molar-refractivity contribution in [3.63, 3.8) is 0 Å². The van der Waals surface area contributed by atoms with Gasteiger partial charge in [0.25, 0.3) is 0 Å². The quantitative estimate of drug-likeness (QED) is 0.667. The lowest BCUT2D eigenvalue weighted by atomic mass is 9.90. The van der Waals surface area contributed by atoms with Crippen LogP contribution in [0.15, 0.2) is 24.3 Å². The van der Waals surface area contributed by atoms with Crippen molar-refractivity contribution < 1.29 is 28.1 Å². The summed E-state index contributed by atoms with van der Waals surface area (Å²) in [4.78, 5) is 0. The molecule has 152 valence electrons. The minimum absolute atomic E-state index is 0.196. The van der Waals surface area contributed by atoms with E-state index in [2.05, 4.69) is 0 Å². The third-order valence-corrected chi connectivity index (χ3v) is 4.84. The summed E-state index contributed by atoms with van der Waals surface area (Å²) in [6.07, 6.45) is 2.28. The second-order valence-electron chi connectivity index (χ2n) is 6.82. The number of fused-ring (bicyclic) bond motifs is 1. The number of halogens is 1. The molecule has 0 aliphatic carbocycles. The van der Waals surface area contributed by atoms with E-state index in [9.17, 15) is 4.39 Å². The molecule has 1 heterocycles. The van der Waals surface area contributed by atoms with Gasteiger partial charge >= 0.3 is 0 Å². The van der Waals surface area contributed by atoms with E-state index in [-0.39, 0.29) is 11.7 Å². The summed E-state index contributed by atoms with van der Waals surface area (Å²) < 4.78 is 42.1. The maximum Gasteiger partial charge on any atom is 0.203 e. The number of benzene rings is 2. The van der Waals surface area contributed by atoms with Crippen LogP contribution in [-0.2, 0) is 12.8 Å². The highest BCUT2D eigenvalue weighted by Crippen LogP contribution is 2.47. The van der Waals surface area contributed by atoms with E-state index in [1.807, 2.05) is 19.1 Å². The first-order chi connectivity index (χ1) is 13.6. The predicted molar refractivity (Wildman–Crippen MR) is 105 cm³/mol. The number of hydrogen-bond donors (Lipinski definition) is 0. The van der Waals surface area contributed by atoms with Gasteiger partial charge in [0.2, 0.25) is 5.75 Å². The molecule has 0 saturated carbocycles. The van der Waals surface area contributed by atoms with E-state index in [0.29, 0.717) is 42.6 Å². The molecule has 0 spiro atoms. The van der Waals surface area contributed by atoms with Gasteiger partial charge in [0, 0.05) is 17.5 Å². The summed E-state index contributed by atoms with van der Waals surface area (Å²) >= 11 is 0. The van der Waals surface area contributed by atoms with Gasteiger partial charge in [-0.05, 0) is 37.0 Å². The SMILES string of the molecule is CCCOc1ccc(CC2COc3cc(OC)c(OC)c(OC)c3C2)cc1F. The molecule has 3 rings (SSSR count). The summed E-state index contributed by atoms with van der Waals surface area (Å²) in [5, 5.41) is 0. The van der Waals surface area contributed by atoms with Crippen molar-refractivity contribution in [1.29, 1.82) is 0 Å². The van der Waals surface area contributed by atoms with Gasteiger partial charge in [0.1, 0.15) is 5.75 Å². The second-order valence-corrected chi connectivity index (χ2v) is 6.82. The lowest BCUT2D eigenvalue weighted by Crippen LogP contribution is -2.23. The van der Waals surface area contributed by atoms with Crippen molar-refractivity contribution in [2.75, 3.05) is 34.5 Å². The molecule has 0 bridgehead atoms. The summed E-state index contributed by atoms with van der Waals surface area (Å²) in [5.74, 6) is 2.65. The first-order valence-electron chi connectivity index (χ1n) is 9.47. The fraction of sp³-hybridized carbons (Fsp3) is 0.455. The molecule has 1 atom stereocenters. The maximum absolute atomic E-state index is 14.3. The van der Waals surface area contributed by atoms with E-state index in [1.165, 1.54) is 0 Å². The minimum atomic E-state index is -0.327. The zero-order chi connectivity index (χ0) is 20.1.